The van der Waals surface area contributed by atoms with Gasteiger partial charge in [0.15, 0.2) is 12.2 Å². The van der Waals surface area contributed by atoms with Crippen molar-refractivity contribution in [1.29, 1.82) is 0 Å². The molecule has 0 aliphatic carbocycles. The number of hydrogen-bond donors (Lipinski definition) is 3. The van der Waals surface area contributed by atoms with Gasteiger partial charge in [-0.15, -0.1) is 0 Å². The van der Waals surface area contributed by atoms with Gasteiger partial charge in [0.05, 0.1) is 26.4 Å². The van der Waals surface area contributed by atoms with Gasteiger partial charge in [0.2, 0.25) is 0 Å². The molecule has 0 saturated carbocycles. The van der Waals surface area contributed by atoms with Crippen LogP contribution in [0.1, 0.15) is 310 Å². The maximum absolute atomic E-state index is 13.1. The highest BCUT2D eigenvalue weighted by molar-refractivity contribution is 7.47. The van der Waals surface area contributed by atoms with Gasteiger partial charge in [0, 0.05) is 25.7 Å². The van der Waals surface area contributed by atoms with Crippen LogP contribution >= 0.6 is 15.6 Å². The summed E-state index contributed by atoms with van der Waals surface area (Å²) < 4.78 is 68.3. The summed E-state index contributed by atoms with van der Waals surface area (Å²) in [6, 6.07) is 0. The summed E-state index contributed by atoms with van der Waals surface area (Å²) in [5.74, 6) is -2.23. The number of allylic oxidation sites excluding steroid dienone is 16. The van der Waals surface area contributed by atoms with Gasteiger partial charge in [-0.05, 0) is 103 Å². The summed E-state index contributed by atoms with van der Waals surface area (Å²) in [4.78, 5) is 72.7. The Morgan fingerprint density at radius 3 is 0.854 bits per heavy atom. The van der Waals surface area contributed by atoms with Gasteiger partial charge in [0.25, 0.3) is 0 Å². The molecule has 3 N–H and O–H groups in total. The van der Waals surface area contributed by atoms with E-state index in [9.17, 15) is 43.2 Å². The van der Waals surface area contributed by atoms with Crippen molar-refractivity contribution >= 4 is 39.5 Å². The Labute approximate surface area is 582 Å². The zero-order valence-corrected chi connectivity index (χ0v) is 62.1. The SMILES string of the molecule is CC/C=C\C/C=C\C/C=C\C/C=C\CCCCCCC(=O)OCC(COP(=O)(O)OCC(O)COP(=O)(O)OCC(COC(=O)CCCCCCCCCCCCCCC)OC(=O)CCCCCCCCCCCCC)OC(=O)CCCC/C=C\C/C=C\C/C=C\C/C=C\CC. The molecule has 0 radical (unpaired) electrons. The van der Waals surface area contributed by atoms with Crippen molar-refractivity contribution in [2.24, 2.45) is 0 Å². The molecular formula is C77H134O17P2. The standard InChI is InChI=1S/C77H134O17P2/c1-5-9-13-17-21-25-29-32-34-35-37-39-43-46-50-54-58-62-75(80)88-68-73(94-77(82)64-60-56-52-48-44-40-36-33-30-26-22-18-14-10-6-2)70-92-96(85,86)90-66-71(78)65-89-95(83,84)91-69-72(93-76(81)63-59-55-51-47-41-28-24-20-16-12-8-4)67-87-74(79)61-57-53-49-45-42-38-31-27-23-19-15-11-7-3/h9-10,13-14,21-22,25-26,32-34,36-37,39,44,48,71-73,78H,5-8,11-12,15-20,23-24,27-31,35,38,40-43,45-47,49-70H2,1-4H3,(H,83,84)(H,85,86)/b13-9-,14-10-,25-21-,26-22-,34-32-,36-33-,39-37-,48-44-. The Morgan fingerprint density at radius 2 is 0.542 bits per heavy atom. The molecule has 5 atom stereocenters. The molecule has 0 aliphatic heterocycles. The number of phosphoric ester groups is 2. The molecule has 19 heteroatoms. The first-order valence-corrected chi connectivity index (χ1v) is 40.5. The first kappa shape index (κ1) is 92.0. The second-order valence-electron chi connectivity index (χ2n) is 24.8. The van der Waals surface area contributed by atoms with Crippen molar-refractivity contribution in [2.45, 2.75) is 329 Å². The van der Waals surface area contributed by atoms with Crippen LogP contribution in [0.5, 0.6) is 0 Å². The minimum atomic E-state index is -4.99. The van der Waals surface area contributed by atoms with Gasteiger partial charge >= 0.3 is 39.5 Å². The highest BCUT2D eigenvalue weighted by Gasteiger charge is 2.30. The summed E-state index contributed by atoms with van der Waals surface area (Å²) in [5.41, 5.74) is 0. The second kappa shape index (κ2) is 69.5. The van der Waals surface area contributed by atoms with E-state index in [1.165, 1.54) is 96.3 Å². The minimum absolute atomic E-state index is 0.0368. The van der Waals surface area contributed by atoms with Crippen LogP contribution in [0.2, 0.25) is 0 Å². The van der Waals surface area contributed by atoms with Crippen LogP contribution in [0.25, 0.3) is 0 Å². The zero-order chi connectivity index (χ0) is 70.4. The molecule has 0 aromatic carbocycles. The number of phosphoric acid groups is 2. The molecule has 0 saturated heterocycles. The van der Waals surface area contributed by atoms with E-state index in [4.69, 9.17) is 37.0 Å². The summed E-state index contributed by atoms with van der Waals surface area (Å²) in [6.45, 7) is 4.58. The van der Waals surface area contributed by atoms with Crippen LogP contribution in [0.15, 0.2) is 97.2 Å². The van der Waals surface area contributed by atoms with Crippen molar-refractivity contribution < 1.29 is 80.2 Å². The quantitative estimate of drug-likeness (QED) is 0.0169. The molecule has 5 unspecified atom stereocenters. The van der Waals surface area contributed by atoms with Crippen LogP contribution in [0.4, 0.5) is 0 Å². The Bertz CT molecular complexity index is 2200. The lowest BCUT2D eigenvalue weighted by Gasteiger charge is -2.21. The highest BCUT2D eigenvalue weighted by atomic mass is 31.2. The van der Waals surface area contributed by atoms with Crippen LogP contribution in [0, 0.1) is 0 Å². The number of rotatable bonds is 70. The van der Waals surface area contributed by atoms with Gasteiger partial charge in [-0.3, -0.25) is 37.3 Å². The first-order chi connectivity index (χ1) is 46.7. The molecule has 0 heterocycles. The van der Waals surface area contributed by atoms with Crippen molar-refractivity contribution in [3.63, 3.8) is 0 Å². The van der Waals surface area contributed by atoms with Gasteiger partial charge in [-0.1, -0.05) is 279 Å². The molecule has 0 spiro atoms. The fourth-order valence-corrected chi connectivity index (χ4v) is 11.5. The number of aliphatic hydroxyl groups is 1. The smallest absolute Gasteiger partial charge is 0.462 e. The van der Waals surface area contributed by atoms with E-state index in [1.807, 2.05) is 0 Å². The van der Waals surface area contributed by atoms with Crippen molar-refractivity contribution in [3.05, 3.63) is 97.2 Å². The number of esters is 4. The summed E-state index contributed by atoms with van der Waals surface area (Å²) in [7, 11) is -9.96. The average molecular weight is 1390 g/mol. The van der Waals surface area contributed by atoms with Crippen LogP contribution < -0.4 is 0 Å². The molecule has 0 aromatic rings. The number of carbonyl (C=O) groups excluding carboxylic acids is 4. The van der Waals surface area contributed by atoms with E-state index in [0.717, 1.165) is 128 Å². The Hall–Kier alpha value is -4.02. The normalized spacial score (nSPS) is 14.5. The van der Waals surface area contributed by atoms with Crippen LogP contribution in [0.3, 0.4) is 0 Å². The fraction of sp³-hybridized carbons (Fsp3) is 0.740. The molecule has 0 fully saturated rings. The number of hydrogen-bond acceptors (Lipinski definition) is 15. The Kier molecular flexibility index (Phi) is 66.6. The number of carbonyl (C=O) groups is 4. The summed E-state index contributed by atoms with van der Waals surface area (Å²) in [5, 5.41) is 10.6. The van der Waals surface area contributed by atoms with Crippen LogP contribution in [-0.4, -0.2) is 96.7 Å². The Morgan fingerprint density at radius 1 is 0.302 bits per heavy atom. The van der Waals surface area contributed by atoms with Crippen molar-refractivity contribution in [1.82, 2.24) is 0 Å². The number of aliphatic hydroxyl groups excluding tert-OH is 1. The first-order valence-electron chi connectivity index (χ1n) is 37.5. The molecule has 17 nitrogen and oxygen atoms in total. The summed E-state index contributed by atoms with van der Waals surface area (Å²) in [6.07, 6.45) is 71.2. The average Bonchev–Trinajstić information content (AvgIpc) is 2.18. The molecule has 0 amide bonds. The maximum Gasteiger partial charge on any atom is 0.472 e. The van der Waals surface area contributed by atoms with Gasteiger partial charge in [-0.25, -0.2) is 9.13 Å². The van der Waals surface area contributed by atoms with E-state index in [-0.39, 0.29) is 25.7 Å². The topological polar surface area (TPSA) is 237 Å². The number of unbranched alkanes of at least 4 members (excludes halogenated alkanes) is 28. The third kappa shape index (κ3) is 68.5. The Balaban J connectivity index is 5.37. The maximum atomic E-state index is 13.1. The highest BCUT2D eigenvalue weighted by Crippen LogP contribution is 2.45. The molecule has 0 rings (SSSR count). The van der Waals surface area contributed by atoms with E-state index in [1.54, 1.807) is 0 Å². The van der Waals surface area contributed by atoms with Crippen molar-refractivity contribution in [2.75, 3.05) is 39.6 Å². The summed E-state index contributed by atoms with van der Waals surface area (Å²) >= 11 is 0. The molecule has 554 valence electrons. The van der Waals surface area contributed by atoms with Crippen LogP contribution in [-0.2, 0) is 65.4 Å². The zero-order valence-electron chi connectivity index (χ0n) is 60.3. The predicted molar refractivity (Wildman–Crippen MR) is 390 cm³/mol. The van der Waals surface area contributed by atoms with Gasteiger partial charge < -0.3 is 33.8 Å². The molecule has 96 heavy (non-hydrogen) atoms. The lowest BCUT2D eigenvalue weighted by molar-refractivity contribution is -0.161. The third-order valence-electron chi connectivity index (χ3n) is 15.6. The fourth-order valence-electron chi connectivity index (χ4n) is 9.91. The van der Waals surface area contributed by atoms with Gasteiger partial charge in [-0.2, -0.15) is 0 Å². The van der Waals surface area contributed by atoms with E-state index in [2.05, 4.69) is 125 Å². The minimum Gasteiger partial charge on any atom is -0.462 e. The van der Waals surface area contributed by atoms with Gasteiger partial charge in [0.1, 0.15) is 19.3 Å². The van der Waals surface area contributed by atoms with Crippen molar-refractivity contribution in [3.8, 4) is 0 Å². The van der Waals surface area contributed by atoms with E-state index in [0.29, 0.717) is 32.1 Å². The number of ether oxygens (including phenoxy) is 4. The molecule has 0 bridgehead atoms. The molecular weight excluding hydrogens is 1260 g/mol. The van der Waals surface area contributed by atoms with E-state index >= 15 is 0 Å². The lowest BCUT2D eigenvalue weighted by Crippen LogP contribution is -2.30. The predicted octanol–water partition coefficient (Wildman–Crippen LogP) is 21.2. The monoisotopic (exact) mass is 1390 g/mol. The lowest BCUT2D eigenvalue weighted by atomic mass is 10.0. The largest absolute Gasteiger partial charge is 0.472 e. The van der Waals surface area contributed by atoms with E-state index < -0.39 is 97.5 Å². The molecule has 0 aromatic heterocycles. The third-order valence-corrected chi connectivity index (χ3v) is 17.5. The molecule has 0 aliphatic rings. The second-order valence-corrected chi connectivity index (χ2v) is 27.7.